The van der Waals surface area contributed by atoms with Crippen LogP contribution in [0.5, 0.6) is 0 Å². The van der Waals surface area contributed by atoms with Crippen molar-refractivity contribution in [1.82, 2.24) is 0 Å². The normalized spacial score (nSPS) is 32.9. The summed E-state index contributed by atoms with van der Waals surface area (Å²) in [6.07, 6.45) is 11.4. The lowest BCUT2D eigenvalue weighted by Crippen LogP contribution is -2.27. The Labute approximate surface area is 109 Å². The summed E-state index contributed by atoms with van der Waals surface area (Å²) in [6.45, 7) is 0. The lowest BCUT2D eigenvalue weighted by molar-refractivity contribution is -0.118. The van der Waals surface area contributed by atoms with Gasteiger partial charge in [0.25, 0.3) is 0 Å². The first-order chi connectivity index (χ1) is 8.82. The van der Waals surface area contributed by atoms with E-state index in [1.165, 1.54) is 18.3 Å². The van der Waals surface area contributed by atoms with Gasteiger partial charge < -0.3 is 4.79 Å². The topological polar surface area (TPSA) is 17.1 Å². The van der Waals surface area contributed by atoms with Crippen LogP contribution in [0.25, 0.3) is 0 Å². The van der Waals surface area contributed by atoms with E-state index in [1.54, 1.807) is 0 Å². The molecule has 2 aliphatic carbocycles. The number of fused-ring (bicyclic) bond motifs is 2. The van der Waals surface area contributed by atoms with Crippen molar-refractivity contribution in [2.24, 2.45) is 17.3 Å². The third kappa shape index (κ3) is 2.03. The summed E-state index contributed by atoms with van der Waals surface area (Å²) in [7, 11) is 0. The van der Waals surface area contributed by atoms with Crippen molar-refractivity contribution in [2.45, 2.75) is 32.1 Å². The van der Waals surface area contributed by atoms with Gasteiger partial charge in [0.15, 0.2) is 0 Å². The van der Waals surface area contributed by atoms with Crippen LogP contribution in [-0.2, 0) is 11.2 Å². The Kier molecular flexibility index (Phi) is 3.07. The van der Waals surface area contributed by atoms with E-state index in [9.17, 15) is 4.79 Å². The molecule has 3 rings (SSSR count). The molecule has 3 unspecified atom stereocenters. The molecule has 0 N–H and O–H groups in total. The van der Waals surface area contributed by atoms with Gasteiger partial charge in [-0.25, -0.2) is 0 Å². The molecule has 0 aromatic heterocycles. The summed E-state index contributed by atoms with van der Waals surface area (Å²) >= 11 is 0. The van der Waals surface area contributed by atoms with Crippen molar-refractivity contribution in [3.8, 4) is 0 Å². The minimum Gasteiger partial charge on any atom is -0.303 e. The highest BCUT2D eigenvalue weighted by Gasteiger charge is 2.47. The summed E-state index contributed by atoms with van der Waals surface area (Å²) in [5.74, 6) is 1.20. The molecule has 1 aromatic carbocycles. The van der Waals surface area contributed by atoms with Crippen molar-refractivity contribution in [2.75, 3.05) is 0 Å². The zero-order valence-corrected chi connectivity index (χ0v) is 10.7. The molecular formula is C17H20O. The average molecular weight is 240 g/mol. The van der Waals surface area contributed by atoms with E-state index in [2.05, 4.69) is 42.5 Å². The number of benzene rings is 1. The fourth-order valence-corrected chi connectivity index (χ4v) is 3.74. The Hall–Kier alpha value is -1.37. The number of carbonyl (C=O) groups excluding carboxylic acids is 1. The highest BCUT2D eigenvalue weighted by atomic mass is 16.1. The van der Waals surface area contributed by atoms with Crippen LogP contribution in [0.15, 0.2) is 42.5 Å². The molecule has 1 saturated carbocycles. The minimum atomic E-state index is -0.0335. The Balaban J connectivity index is 1.59. The maximum atomic E-state index is 11.5. The maximum absolute atomic E-state index is 11.5. The van der Waals surface area contributed by atoms with Gasteiger partial charge in [0.1, 0.15) is 6.29 Å². The van der Waals surface area contributed by atoms with E-state index < -0.39 is 0 Å². The highest BCUT2D eigenvalue weighted by molar-refractivity contribution is 5.62. The molecule has 0 aliphatic heterocycles. The summed E-state index contributed by atoms with van der Waals surface area (Å²) in [5, 5.41) is 0. The van der Waals surface area contributed by atoms with Crippen molar-refractivity contribution >= 4 is 6.29 Å². The van der Waals surface area contributed by atoms with E-state index in [0.717, 1.165) is 25.7 Å². The molecule has 1 fully saturated rings. The first-order valence-corrected chi connectivity index (χ1v) is 7.01. The number of aryl methyl sites for hydroxylation is 1. The predicted octanol–water partition coefficient (Wildman–Crippen LogP) is 3.79. The summed E-state index contributed by atoms with van der Waals surface area (Å²) in [6, 6.07) is 10.6. The van der Waals surface area contributed by atoms with Crippen molar-refractivity contribution in [3.63, 3.8) is 0 Å². The number of rotatable bonds is 5. The zero-order chi connectivity index (χ0) is 12.4. The van der Waals surface area contributed by atoms with Crippen LogP contribution in [-0.4, -0.2) is 6.29 Å². The van der Waals surface area contributed by atoms with Crippen LogP contribution in [0.1, 0.15) is 31.2 Å². The molecule has 0 spiro atoms. The molecule has 0 amide bonds. The standard InChI is InChI=1S/C17H20O/c18-13-17(12-15-8-9-16(17)11-15)10-4-7-14-5-2-1-3-6-14/h1-3,5-6,8-9,13,15-16H,4,7,10-12H2. The third-order valence-electron chi connectivity index (χ3n) is 4.74. The van der Waals surface area contributed by atoms with E-state index in [1.807, 2.05) is 0 Å². The van der Waals surface area contributed by atoms with E-state index in [-0.39, 0.29) is 5.41 Å². The monoisotopic (exact) mass is 240 g/mol. The molecule has 18 heavy (non-hydrogen) atoms. The molecule has 0 heterocycles. The van der Waals surface area contributed by atoms with Crippen LogP contribution in [0.4, 0.5) is 0 Å². The van der Waals surface area contributed by atoms with E-state index in [0.29, 0.717) is 11.8 Å². The second-order valence-corrected chi connectivity index (χ2v) is 5.88. The fourth-order valence-electron chi connectivity index (χ4n) is 3.74. The zero-order valence-electron chi connectivity index (χ0n) is 10.7. The predicted molar refractivity (Wildman–Crippen MR) is 73.2 cm³/mol. The molecule has 1 nitrogen and oxygen atoms in total. The van der Waals surface area contributed by atoms with Gasteiger partial charge in [-0.15, -0.1) is 0 Å². The Morgan fingerprint density at radius 3 is 2.67 bits per heavy atom. The summed E-state index contributed by atoms with van der Waals surface area (Å²) in [5.41, 5.74) is 1.35. The van der Waals surface area contributed by atoms with Gasteiger partial charge in [0.2, 0.25) is 0 Å². The van der Waals surface area contributed by atoms with E-state index >= 15 is 0 Å². The average Bonchev–Trinajstić information content (AvgIpc) is 3.01. The second-order valence-electron chi connectivity index (χ2n) is 5.88. The quantitative estimate of drug-likeness (QED) is 0.565. The van der Waals surface area contributed by atoms with Gasteiger partial charge in [0, 0.05) is 5.41 Å². The van der Waals surface area contributed by atoms with Gasteiger partial charge >= 0.3 is 0 Å². The van der Waals surface area contributed by atoms with Crippen LogP contribution in [0.3, 0.4) is 0 Å². The van der Waals surface area contributed by atoms with Crippen molar-refractivity contribution in [3.05, 3.63) is 48.0 Å². The molecule has 0 radical (unpaired) electrons. The van der Waals surface area contributed by atoms with Gasteiger partial charge in [-0.1, -0.05) is 42.5 Å². The number of carbonyl (C=O) groups is 1. The first-order valence-electron chi connectivity index (χ1n) is 7.01. The molecular weight excluding hydrogens is 220 g/mol. The smallest absolute Gasteiger partial charge is 0.126 e. The van der Waals surface area contributed by atoms with Crippen LogP contribution in [0, 0.1) is 17.3 Å². The van der Waals surface area contributed by atoms with Crippen LogP contribution >= 0.6 is 0 Å². The minimum absolute atomic E-state index is 0.0335. The molecule has 3 atom stereocenters. The summed E-state index contributed by atoms with van der Waals surface area (Å²) < 4.78 is 0. The Morgan fingerprint density at radius 1 is 1.22 bits per heavy atom. The fraction of sp³-hybridized carbons (Fsp3) is 0.471. The molecule has 1 heteroatoms. The van der Waals surface area contributed by atoms with E-state index in [4.69, 9.17) is 0 Å². The van der Waals surface area contributed by atoms with Gasteiger partial charge in [-0.05, 0) is 49.5 Å². The third-order valence-corrected chi connectivity index (χ3v) is 4.74. The molecule has 1 aromatic rings. The largest absolute Gasteiger partial charge is 0.303 e. The second kappa shape index (κ2) is 4.72. The number of hydrogen-bond acceptors (Lipinski definition) is 1. The lowest BCUT2D eigenvalue weighted by Gasteiger charge is -2.29. The van der Waals surface area contributed by atoms with Gasteiger partial charge in [-0.3, -0.25) is 0 Å². The van der Waals surface area contributed by atoms with Gasteiger partial charge in [-0.2, -0.15) is 0 Å². The molecule has 94 valence electrons. The molecule has 0 saturated heterocycles. The Bertz CT molecular complexity index is 448. The number of aldehydes is 1. The number of allylic oxidation sites excluding steroid dienone is 2. The Morgan fingerprint density at radius 2 is 2.06 bits per heavy atom. The first kappa shape index (κ1) is 11.7. The number of hydrogen-bond donors (Lipinski definition) is 0. The van der Waals surface area contributed by atoms with Gasteiger partial charge in [0.05, 0.1) is 0 Å². The molecule has 2 aliphatic rings. The summed E-state index contributed by atoms with van der Waals surface area (Å²) in [4.78, 5) is 11.5. The highest BCUT2D eigenvalue weighted by Crippen LogP contribution is 2.53. The van der Waals surface area contributed by atoms with Crippen molar-refractivity contribution < 1.29 is 4.79 Å². The van der Waals surface area contributed by atoms with Crippen LogP contribution < -0.4 is 0 Å². The van der Waals surface area contributed by atoms with Crippen LogP contribution in [0.2, 0.25) is 0 Å². The lowest BCUT2D eigenvalue weighted by atomic mass is 9.73. The maximum Gasteiger partial charge on any atom is 0.126 e. The van der Waals surface area contributed by atoms with Crippen molar-refractivity contribution in [1.29, 1.82) is 0 Å². The molecule has 2 bridgehead atoms. The SMILES string of the molecule is O=CC1(CCCc2ccccc2)CC2C=CC1C2.